The summed E-state index contributed by atoms with van der Waals surface area (Å²) in [5.74, 6) is 0. The van der Waals surface area contributed by atoms with Gasteiger partial charge in [-0.2, -0.15) is 0 Å². The Bertz CT molecular complexity index is 58.5. The van der Waals surface area contributed by atoms with Crippen LogP contribution >= 0.6 is 35.0 Å². The van der Waals surface area contributed by atoms with Crippen LogP contribution in [-0.4, -0.2) is 17.8 Å². The highest BCUT2D eigenvalue weighted by Crippen LogP contribution is 2.02. The van der Waals surface area contributed by atoms with Gasteiger partial charge in [-0.3, -0.25) is 0 Å². The largest absolute Gasteiger partial charge is 0.436 e. The van der Waals surface area contributed by atoms with Crippen molar-refractivity contribution in [3.8, 4) is 0 Å². The highest BCUT2D eigenvalue weighted by Gasteiger charge is 2.15. The van der Waals surface area contributed by atoms with Crippen molar-refractivity contribution in [2.24, 2.45) is 5.64 Å². The van der Waals surface area contributed by atoms with Gasteiger partial charge in [0.25, 0.3) is 7.55 Å². The molecule has 0 saturated heterocycles. The summed E-state index contributed by atoms with van der Waals surface area (Å²) >= 11 is 15.6. The minimum Gasteiger partial charge on any atom is -0.360 e. The fraction of sp³-hybridized carbons (Fsp3) is 0. The average molecular weight is 173 g/mol. The highest BCUT2D eigenvalue weighted by atomic mass is 35.5. The Labute approximate surface area is 64.0 Å². The van der Waals surface area contributed by atoms with E-state index in [2.05, 4.69) is 5.14 Å². The predicted octanol–water partition coefficient (Wildman–Crippen LogP) is -0.0978. The van der Waals surface area contributed by atoms with Crippen molar-refractivity contribution in [1.82, 2.24) is 8.99 Å². The van der Waals surface area contributed by atoms with Crippen LogP contribution in [0.3, 0.4) is 0 Å². The molecule has 0 aliphatic rings. The normalized spacial score (nSPS) is 9.62. The van der Waals surface area contributed by atoms with Crippen molar-refractivity contribution >= 4 is 49.0 Å². The van der Waals surface area contributed by atoms with E-state index in [0.717, 1.165) is 11.4 Å². The van der Waals surface area contributed by atoms with Crippen LogP contribution in [0.25, 0.3) is 0 Å². The summed E-state index contributed by atoms with van der Waals surface area (Å²) in [6, 6.07) is 0. The summed E-state index contributed by atoms with van der Waals surface area (Å²) in [6.45, 7) is 0. The van der Waals surface area contributed by atoms with Gasteiger partial charge in [0.2, 0.25) is 0 Å². The first-order chi connectivity index (χ1) is 3.68. The fourth-order valence-corrected chi connectivity index (χ4v) is 0.321. The zero-order valence-corrected chi connectivity index (χ0v) is 6.08. The zero-order valence-electron chi connectivity index (χ0n) is 3.81. The molecule has 8 heavy (non-hydrogen) atoms. The Morgan fingerprint density at radius 1 is 1.62 bits per heavy atom. The van der Waals surface area contributed by atoms with E-state index in [1.807, 2.05) is 0 Å². The topological polar surface area (TPSA) is 41.3 Å². The van der Waals surface area contributed by atoms with Gasteiger partial charge in [-0.1, -0.05) is 0 Å². The van der Waals surface area contributed by atoms with Crippen molar-refractivity contribution in [3.05, 3.63) is 0 Å². The van der Waals surface area contributed by atoms with Crippen LogP contribution < -0.4 is 10.8 Å². The molecule has 0 fully saturated rings. The number of halogens is 3. The molecule has 0 aliphatic carbocycles. The van der Waals surface area contributed by atoms with E-state index in [1.54, 1.807) is 0 Å². The third-order valence-electron chi connectivity index (χ3n) is 0.405. The molecule has 3 N–H and O–H groups in total. The molecule has 0 bridgehead atoms. The zero-order chi connectivity index (χ0) is 6.57. The van der Waals surface area contributed by atoms with Crippen molar-refractivity contribution < 1.29 is 0 Å². The predicted molar refractivity (Wildman–Crippen MR) is 38.2 cm³/mol. The SMILES string of the molecule is N[B]NB(Cl)N(Cl)Cl. The lowest BCUT2D eigenvalue weighted by atomic mass is 10.0. The standard InChI is InChI=1S/B2Cl3H3N3/c3-2(7-1-6)8(4)5/h7H,6H2. The average Bonchev–Trinajstić information content (AvgIpc) is 1.67. The molecular formula is H3B2Cl3N3. The lowest BCUT2D eigenvalue weighted by Gasteiger charge is -2.05. The van der Waals surface area contributed by atoms with Crippen LogP contribution in [0.1, 0.15) is 0 Å². The first kappa shape index (κ1) is 8.88. The summed E-state index contributed by atoms with van der Waals surface area (Å²) in [5.41, 5.74) is 4.90. The lowest BCUT2D eigenvalue weighted by molar-refractivity contribution is 1.11. The van der Waals surface area contributed by atoms with Crippen LogP contribution in [0.5, 0.6) is 0 Å². The van der Waals surface area contributed by atoms with Crippen LogP contribution in [0.2, 0.25) is 0 Å². The summed E-state index contributed by atoms with van der Waals surface area (Å²) < 4.78 is 0.741. The minimum atomic E-state index is -0.677. The van der Waals surface area contributed by atoms with E-state index in [-0.39, 0.29) is 0 Å². The molecule has 8 heteroatoms. The third-order valence-corrected chi connectivity index (χ3v) is 1.32. The van der Waals surface area contributed by atoms with Crippen molar-refractivity contribution in [2.75, 3.05) is 0 Å². The van der Waals surface area contributed by atoms with Crippen molar-refractivity contribution in [2.45, 2.75) is 0 Å². The number of rotatable bonds is 3. The molecule has 0 atom stereocenters. The fourth-order valence-electron chi connectivity index (χ4n) is 0.136. The molecule has 0 aliphatic heterocycles. The van der Waals surface area contributed by atoms with Gasteiger partial charge >= 0.3 is 6.40 Å². The molecule has 0 aromatic carbocycles. The quantitative estimate of drug-likeness (QED) is 0.462. The lowest BCUT2D eigenvalue weighted by Crippen LogP contribution is -2.42. The highest BCUT2D eigenvalue weighted by molar-refractivity contribution is 7.09. The second kappa shape index (κ2) is 4.73. The van der Waals surface area contributed by atoms with Gasteiger partial charge in [0.1, 0.15) is 0 Å². The summed E-state index contributed by atoms with van der Waals surface area (Å²) in [6.07, 6.45) is -0.677. The maximum atomic E-state index is 5.36. The van der Waals surface area contributed by atoms with Gasteiger partial charge < -0.3 is 10.8 Å². The van der Waals surface area contributed by atoms with Gasteiger partial charge in [-0.15, -0.1) is 15.3 Å². The molecule has 3 nitrogen and oxygen atoms in total. The van der Waals surface area contributed by atoms with Gasteiger partial charge in [-0.25, -0.2) is 0 Å². The van der Waals surface area contributed by atoms with Crippen LogP contribution in [0, 0.1) is 0 Å². The summed E-state index contributed by atoms with van der Waals surface area (Å²) in [7, 11) is 1.15. The Morgan fingerprint density at radius 3 is 2.25 bits per heavy atom. The maximum Gasteiger partial charge on any atom is 0.436 e. The van der Waals surface area contributed by atoms with Crippen LogP contribution in [0.4, 0.5) is 0 Å². The van der Waals surface area contributed by atoms with E-state index in [9.17, 15) is 0 Å². The van der Waals surface area contributed by atoms with E-state index >= 15 is 0 Å². The third kappa shape index (κ3) is 3.83. The Balaban J connectivity index is 3.17. The van der Waals surface area contributed by atoms with Gasteiger partial charge in [0, 0.05) is 0 Å². The molecule has 0 amide bonds. The maximum absolute atomic E-state index is 5.36. The molecule has 0 aromatic heterocycles. The second-order valence-corrected chi connectivity index (χ2v) is 2.24. The molecule has 0 rings (SSSR count). The molecular weight excluding hydrogens is 170 g/mol. The smallest absolute Gasteiger partial charge is 0.360 e. The molecule has 0 aromatic rings. The van der Waals surface area contributed by atoms with Crippen LogP contribution in [0.15, 0.2) is 0 Å². The summed E-state index contributed by atoms with van der Waals surface area (Å²) in [4.78, 5) is 0. The molecule has 0 unspecified atom stereocenters. The number of nitrogens with zero attached hydrogens (tertiary/aromatic N) is 1. The molecule has 0 heterocycles. The Morgan fingerprint density at radius 2 is 2.12 bits per heavy atom. The van der Waals surface area contributed by atoms with E-state index in [4.69, 9.17) is 40.7 Å². The Kier molecular flexibility index (Phi) is 5.25. The van der Waals surface area contributed by atoms with Crippen molar-refractivity contribution in [1.29, 1.82) is 0 Å². The van der Waals surface area contributed by atoms with E-state index in [0.29, 0.717) is 0 Å². The van der Waals surface area contributed by atoms with Gasteiger partial charge in [0.05, 0.1) is 0 Å². The number of hydrogen-bond acceptors (Lipinski definition) is 3. The molecule has 45 valence electrons. The molecule has 1 radical (unpaired) electrons. The first-order valence-electron chi connectivity index (χ1n) is 1.73. The van der Waals surface area contributed by atoms with Crippen molar-refractivity contribution in [3.63, 3.8) is 0 Å². The van der Waals surface area contributed by atoms with Crippen LogP contribution in [-0.2, 0) is 0 Å². The Hall–Kier alpha value is 0.880. The van der Waals surface area contributed by atoms with Gasteiger partial charge in [-0.05, 0) is 23.6 Å². The van der Waals surface area contributed by atoms with E-state index < -0.39 is 6.40 Å². The second-order valence-electron chi connectivity index (χ2n) is 0.928. The number of nitrogens with two attached hydrogens (primary N) is 1. The molecule has 0 saturated carbocycles. The molecule has 0 spiro atoms. The number of hydrogen-bond donors (Lipinski definition) is 2. The first-order valence-corrected chi connectivity index (χ1v) is 2.84. The summed E-state index contributed by atoms with van der Waals surface area (Å²) in [5, 5.41) is 2.43. The number of nitrogens with one attached hydrogen (secondary N) is 1. The van der Waals surface area contributed by atoms with E-state index in [1.165, 1.54) is 0 Å². The van der Waals surface area contributed by atoms with Gasteiger partial charge in [0.15, 0.2) is 0 Å². The minimum absolute atomic E-state index is 0.677. The monoisotopic (exact) mass is 172 g/mol.